The molecule has 0 amide bonds. The normalized spacial score (nSPS) is 14.0. The lowest BCUT2D eigenvalue weighted by molar-refractivity contribution is -0.141. The van der Waals surface area contributed by atoms with Crippen LogP contribution in [-0.4, -0.2) is 31.7 Å². The van der Waals surface area contributed by atoms with Gasteiger partial charge >= 0.3 is 6.18 Å². The maximum atomic E-state index is 13.7. The topological polar surface area (TPSA) is 61.9 Å². The van der Waals surface area contributed by atoms with Crippen molar-refractivity contribution in [3.63, 3.8) is 0 Å². The highest BCUT2D eigenvalue weighted by atomic mass is 19.4. The molecule has 3 heterocycles. The number of fused-ring (bicyclic) bond motifs is 1. The number of ether oxygens (including phenoxy) is 1. The average molecular weight is 404 g/mol. The van der Waals surface area contributed by atoms with Gasteiger partial charge < -0.3 is 9.30 Å². The van der Waals surface area contributed by atoms with Gasteiger partial charge in [0.1, 0.15) is 11.6 Å². The maximum absolute atomic E-state index is 13.7. The van der Waals surface area contributed by atoms with E-state index in [2.05, 4.69) is 10.1 Å². The summed E-state index contributed by atoms with van der Waals surface area (Å²) in [4.78, 5) is 16.7. The van der Waals surface area contributed by atoms with Gasteiger partial charge in [-0.05, 0) is 31.5 Å². The summed E-state index contributed by atoms with van der Waals surface area (Å²) in [6.07, 6.45) is 0.352. The molecule has 3 aromatic rings. The number of ketones is 1. The number of hydrogen-bond acceptors (Lipinski definition) is 4. The Morgan fingerprint density at radius 3 is 2.62 bits per heavy atom. The predicted octanol–water partition coefficient (Wildman–Crippen LogP) is 4.11. The zero-order valence-corrected chi connectivity index (χ0v) is 16.0. The molecular formula is C20H19F3N4O2. The van der Waals surface area contributed by atoms with Crippen molar-refractivity contribution >= 4 is 5.78 Å². The molecule has 0 bridgehead atoms. The summed E-state index contributed by atoms with van der Waals surface area (Å²) >= 11 is 0. The van der Waals surface area contributed by atoms with Crippen LogP contribution in [0.5, 0.6) is 5.75 Å². The number of alkyl halides is 3. The molecule has 0 N–H and O–H groups in total. The van der Waals surface area contributed by atoms with Gasteiger partial charge in [0.15, 0.2) is 11.5 Å². The van der Waals surface area contributed by atoms with Crippen LogP contribution < -0.4 is 4.74 Å². The van der Waals surface area contributed by atoms with Crippen LogP contribution in [0.25, 0.3) is 11.1 Å². The molecule has 0 fully saturated rings. The molecule has 0 spiro atoms. The van der Waals surface area contributed by atoms with E-state index in [4.69, 9.17) is 4.74 Å². The number of aryl methyl sites for hydroxylation is 2. The summed E-state index contributed by atoms with van der Waals surface area (Å²) in [6.45, 7) is 4.36. The van der Waals surface area contributed by atoms with Gasteiger partial charge in [-0.1, -0.05) is 0 Å². The molecule has 0 saturated heterocycles. The summed E-state index contributed by atoms with van der Waals surface area (Å²) in [6, 6.07) is 3.33. The number of halogens is 3. The van der Waals surface area contributed by atoms with E-state index in [-0.39, 0.29) is 35.7 Å². The number of rotatable bonds is 4. The van der Waals surface area contributed by atoms with Crippen molar-refractivity contribution in [2.75, 3.05) is 6.61 Å². The van der Waals surface area contributed by atoms with E-state index in [1.54, 1.807) is 31.5 Å². The largest absolute Gasteiger partial charge is 0.492 e. The van der Waals surface area contributed by atoms with E-state index >= 15 is 0 Å². The summed E-state index contributed by atoms with van der Waals surface area (Å²) < 4.78 is 49.7. The van der Waals surface area contributed by atoms with E-state index < -0.39 is 11.9 Å². The summed E-state index contributed by atoms with van der Waals surface area (Å²) in [5.41, 5.74) is 0.152. The van der Waals surface area contributed by atoms with Gasteiger partial charge in [-0.15, -0.1) is 0 Å². The number of Topliss-reactive ketones (excluding diaryl/α,β-unsaturated/α-hetero) is 1. The number of carbonyl (C=O) groups excluding carboxylic acids is 1. The van der Waals surface area contributed by atoms with Crippen molar-refractivity contribution < 1.29 is 22.7 Å². The maximum Gasteiger partial charge on any atom is 0.435 e. The molecule has 6 nitrogen and oxygen atoms in total. The van der Waals surface area contributed by atoms with Crippen LogP contribution in [0.2, 0.25) is 0 Å². The standard InChI is InChI=1S/C20H19F3N4O2/c1-3-27-11-16(19(25-27)20(21,22)23)14-8-13(10-26-6-5-24-12(26)2)9-15-17(28)4-7-29-18(14)15/h5-6,8-9,11H,3-4,7,10H2,1-2H3. The van der Waals surface area contributed by atoms with Gasteiger partial charge in [0.05, 0.1) is 12.2 Å². The summed E-state index contributed by atoms with van der Waals surface area (Å²) in [7, 11) is 0. The molecule has 152 valence electrons. The van der Waals surface area contributed by atoms with Crippen molar-refractivity contribution in [1.82, 2.24) is 19.3 Å². The van der Waals surface area contributed by atoms with Crippen LogP contribution in [-0.2, 0) is 19.3 Å². The molecule has 0 unspecified atom stereocenters. The molecule has 0 saturated carbocycles. The monoisotopic (exact) mass is 404 g/mol. The number of hydrogen-bond donors (Lipinski definition) is 0. The minimum absolute atomic E-state index is 0.0884. The number of carbonyl (C=O) groups is 1. The van der Waals surface area contributed by atoms with Gasteiger partial charge in [-0.25, -0.2) is 4.98 Å². The van der Waals surface area contributed by atoms with E-state index in [1.165, 1.54) is 10.9 Å². The van der Waals surface area contributed by atoms with E-state index in [9.17, 15) is 18.0 Å². The van der Waals surface area contributed by atoms with E-state index in [0.29, 0.717) is 24.2 Å². The van der Waals surface area contributed by atoms with Crippen LogP contribution >= 0.6 is 0 Å². The first-order chi connectivity index (χ1) is 13.8. The number of benzene rings is 1. The summed E-state index contributed by atoms with van der Waals surface area (Å²) in [5, 5.41) is 3.70. The minimum atomic E-state index is -4.63. The Morgan fingerprint density at radius 2 is 1.97 bits per heavy atom. The number of nitrogens with zero attached hydrogens (tertiary/aromatic N) is 4. The van der Waals surface area contributed by atoms with Crippen molar-refractivity contribution in [2.45, 2.75) is 39.5 Å². The first-order valence-corrected chi connectivity index (χ1v) is 9.23. The Morgan fingerprint density at radius 1 is 1.21 bits per heavy atom. The second kappa shape index (κ2) is 7.06. The zero-order chi connectivity index (χ0) is 20.8. The second-order valence-electron chi connectivity index (χ2n) is 6.89. The third-order valence-corrected chi connectivity index (χ3v) is 4.95. The molecule has 0 atom stereocenters. The zero-order valence-electron chi connectivity index (χ0n) is 16.0. The van der Waals surface area contributed by atoms with Gasteiger partial charge in [0.25, 0.3) is 0 Å². The molecule has 1 aliphatic rings. The Kier molecular flexibility index (Phi) is 4.68. The van der Waals surface area contributed by atoms with Crippen molar-refractivity contribution in [1.29, 1.82) is 0 Å². The van der Waals surface area contributed by atoms with Crippen LogP contribution in [0.1, 0.15) is 40.8 Å². The van der Waals surface area contributed by atoms with Crippen molar-refractivity contribution in [2.24, 2.45) is 0 Å². The molecule has 0 aliphatic carbocycles. The fraction of sp³-hybridized carbons (Fsp3) is 0.350. The Bertz CT molecular complexity index is 1080. The summed E-state index contributed by atoms with van der Waals surface area (Å²) in [5.74, 6) is 0.809. The van der Waals surface area contributed by atoms with E-state index in [1.807, 2.05) is 11.5 Å². The van der Waals surface area contributed by atoms with Crippen LogP contribution in [0.3, 0.4) is 0 Å². The average Bonchev–Trinajstić information content (AvgIpc) is 3.28. The molecule has 1 aliphatic heterocycles. The third kappa shape index (κ3) is 3.52. The van der Waals surface area contributed by atoms with Crippen LogP contribution in [0.4, 0.5) is 13.2 Å². The molecule has 4 rings (SSSR count). The Labute approximate surface area is 164 Å². The Balaban J connectivity index is 1.92. The minimum Gasteiger partial charge on any atom is -0.492 e. The molecule has 2 aromatic heterocycles. The lowest BCUT2D eigenvalue weighted by atomic mass is 9.94. The molecular weight excluding hydrogens is 385 g/mol. The van der Waals surface area contributed by atoms with Crippen molar-refractivity contribution in [3.05, 3.63) is 53.4 Å². The number of aromatic nitrogens is 4. The van der Waals surface area contributed by atoms with Crippen LogP contribution in [0, 0.1) is 6.92 Å². The highest BCUT2D eigenvalue weighted by Crippen LogP contribution is 2.43. The van der Waals surface area contributed by atoms with Crippen molar-refractivity contribution in [3.8, 4) is 16.9 Å². The third-order valence-electron chi connectivity index (χ3n) is 4.95. The molecule has 9 heteroatoms. The van der Waals surface area contributed by atoms with Gasteiger partial charge in [0, 0.05) is 49.2 Å². The quantitative estimate of drug-likeness (QED) is 0.657. The van der Waals surface area contributed by atoms with Gasteiger partial charge in [-0.2, -0.15) is 18.3 Å². The number of imidazole rings is 1. The molecule has 0 radical (unpaired) electrons. The van der Waals surface area contributed by atoms with Gasteiger partial charge in [0.2, 0.25) is 0 Å². The predicted molar refractivity (Wildman–Crippen MR) is 98.8 cm³/mol. The fourth-order valence-electron chi connectivity index (χ4n) is 3.48. The fourth-order valence-corrected chi connectivity index (χ4v) is 3.48. The first kappa shape index (κ1) is 19.2. The highest BCUT2D eigenvalue weighted by Gasteiger charge is 2.39. The Hall–Kier alpha value is -3.10. The molecule has 29 heavy (non-hydrogen) atoms. The highest BCUT2D eigenvalue weighted by molar-refractivity contribution is 6.02. The lowest BCUT2D eigenvalue weighted by Gasteiger charge is -2.21. The smallest absolute Gasteiger partial charge is 0.435 e. The van der Waals surface area contributed by atoms with E-state index in [0.717, 1.165) is 5.82 Å². The molecule has 1 aromatic carbocycles. The van der Waals surface area contributed by atoms with Gasteiger partial charge in [-0.3, -0.25) is 9.48 Å². The lowest BCUT2D eigenvalue weighted by Crippen LogP contribution is -2.17. The van der Waals surface area contributed by atoms with Crippen LogP contribution in [0.15, 0.2) is 30.7 Å². The first-order valence-electron chi connectivity index (χ1n) is 9.23. The SMILES string of the molecule is CCn1cc(-c2cc(Cn3ccnc3C)cc3c2OCCC3=O)c(C(F)(F)F)n1. The second-order valence-corrected chi connectivity index (χ2v) is 6.89.